The van der Waals surface area contributed by atoms with Crippen molar-refractivity contribution >= 4 is 11.3 Å². The van der Waals surface area contributed by atoms with Gasteiger partial charge in [0.2, 0.25) is 0 Å². The largest absolute Gasteiger partial charge is 0.271 e. The molecule has 1 unspecified atom stereocenters. The lowest BCUT2D eigenvalue weighted by molar-refractivity contribution is 0.641. The zero-order valence-corrected chi connectivity index (χ0v) is 11.8. The second-order valence-corrected chi connectivity index (χ2v) is 5.61. The van der Waals surface area contributed by atoms with Crippen LogP contribution in [0.5, 0.6) is 0 Å². The van der Waals surface area contributed by atoms with E-state index in [1.54, 1.807) is 11.3 Å². The Bertz CT molecular complexity index is 502. The van der Waals surface area contributed by atoms with Crippen molar-refractivity contribution in [3.8, 4) is 0 Å². The third-order valence-corrected chi connectivity index (χ3v) is 4.14. The van der Waals surface area contributed by atoms with Crippen LogP contribution in [0.25, 0.3) is 0 Å². The number of hydrogen-bond donors (Lipinski definition) is 2. The maximum atomic E-state index is 5.69. The minimum atomic E-state index is 0.0266. The lowest BCUT2D eigenvalue weighted by Crippen LogP contribution is -2.28. The summed E-state index contributed by atoms with van der Waals surface area (Å²) >= 11 is 1.63. The van der Waals surface area contributed by atoms with Gasteiger partial charge in [-0.1, -0.05) is 38.1 Å². The van der Waals surface area contributed by atoms with Gasteiger partial charge in [-0.3, -0.25) is 5.84 Å². The lowest BCUT2D eigenvalue weighted by atomic mass is 9.98. The van der Waals surface area contributed by atoms with E-state index in [0.29, 0.717) is 5.92 Å². The number of hydrazine groups is 1. The fourth-order valence-electron chi connectivity index (χ4n) is 1.98. The molecule has 18 heavy (non-hydrogen) atoms. The van der Waals surface area contributed by atoms with Crippen LogP contribution in [0.1, 0.15) is 47.5 Å². The molecule has 0 bridgehead atoms. The smallest absolute Gasteiger partial charge is 0.0821 e. The first-order valence-electron chi connectivity index (χ1n) is 6.09. The molecule has 2 rings (SSSR count). The maximum Gasteiger partial charge on any atom is 0.0821 e. The molecule has 0 aliphatic carbocycles. The molecule has 3 nitrogen and oxygen atoms in total. The van der Waals surface area contributed by atoms with Crippen LogP contribution in [0.15, 0.2) is 29.8 Å². The third-order valence-electron chi connectivity index (χ3n) is 3.15. The molecule has 0 fully saturated rings. The minimum absolute atomic E-state index is 0.0266. The number of nitrogens with one attached hydrogen (secondary N) is 1. The van der Waals surface area contributed by atoms with Gasteiger partial charge in [-0.15, -0.1) is 11.3 Å². The Morgan fingerprint density at radius 1 is 1.17 bits per heavy atom. The molecule has 1 aromatic heterocycles. The van der Waals surface area contributed by atoms with E-state index in [4.69, 9.17) is 5.84 Å². The van der Waals surface area contributed by atoms with Crippen LogP contribution in [0.4, 0.5) is 0 Å². The van der Waals surface area contributed by atoms with Gasteiger partial charge in [0.25, 0.3) is 0 Å². The number of hydrogen-bond acceptors (Lipinski definition) is 4. The first kappa shape index (κ1) is 13.2. The molecule has 0 saturated heterocycles. The molecule has 96 valence electrons. The summed E-state index contributed by atoms with van der Waals surface area (Å²) in [4.78, 5) is 5.46. The Kier molecular flexibility index (Phi) is 4.11. The van der Waals surface area contributed by atoms with Crippen LogP contribution >= 0.6 is 11.3 Å². The Morgan fingerprint density at radius 2 is 1.78 bits per heavy atom. The summed E-state index contributed by atoms with van der Waals surface area (Å²) in [7, 11) is 0. The monoisotopic (exact) mass is 261 g/mol. The summed E-state index contributed by atoms with van der Waals surface area (Å²) in [5.41, 5.74) is 8.30. The Balaban J connectivity index is 2.31. The van der Waals surface area contributed by atoms with Gasteiger partial charge in [0, 0.05) is 0 Å². The Morgan fingerprint density at radius 3 is 2.22 bits per heavy atom. The molecular formula is C14H19N3S. The van der Waals surface area contributed by atoms with E-state index in [0.717, 1.165) is 5.69 Å². The number of benzene rings is 1. The maximum absolute atomic E-state index is 5.69. The van der Waals surface area contributed by atoms with Gasteiger partial charge in [0.05, 0.1) is 22.1 Å². The predicted octanol–water partition coefficient (Wildman–Crippen LogP) is 3.13. The fraction of sp³-hybridized carbons (Fsp3) is 0.357. The molecule has 0 saturated carbocycles. The van der Waals surface area contributed by atoms with Crippen molar-refractivity contribution in [3.05, 3.63) is 51.5 Å². The summed E-state index contributed by atoms with van der Waals surface area (Å²) in [6.45, 7) is 6.40. The van der Waals surface area contributed by atoms with Crippen molar-refractivity contribution in [1.82, 2.24) is 10.4 Å². The molecule has 2 aromatic rings. The van der Waals surface area contributed by atoms with E-state index in [1.165, 1.54) is 16.0 Å². The van der Waals surface area contributed by atoms with Crippen molar-refractivity contribution < 1.29 is 0 Å². The molecule has 0 amide bonds. The number of aryl methyl sites for hydroxylation is 1. The summed E-state index contributed by atoms with van der Waals surface area (Å²) in [6, 6.07) is 8.64. The van der Waals surface area contributed by atoms with Crippen molar-refractivity contribution in [1.29, 1.82) is 0 Å². The highest BCUT2D eigenvalue weighted by Crippen LogP contribution is 2.28. The second-order valence-electron chi connectivity index (χ2n) is 4.72. The molecule has 1 atom stereocenters. The van der Waals surface area contributed by atoms with Gasteiger partial charge >= 0.3 is 0 Å². The SMILES string of the molecule is Cc1ncsc1C(NN)c1ccc(C(C)C)cc1. The number of rotatable bonds is 4. The molecule has 0 aliphatic heterocycles. The number of nitrogens with zero attached hydrogens (tertiary/aromatic N) is 1. The van der Waals surface area contributed by atoms with E-state index in [-0.39, 0.29) is 6.04 Å². The van der Waals surface area contributed by atoms with E-state index < -0.39 is 0 Å². The predicted molar refractivity (Wildman–Crippen MR) is 76.5 cm³/mol. The van der Waals surface area contributed by atoms with Crippen LogP contribution in [0.3, 0.4) is 0 Å². The van der Waals surface area contributed by atoms with Crippen LogP contribution in [0, 0.1) is 6.92 Å². The van der Waals surface area contributed by atoms with Crippen LogP contribution in [-0.2, 0) is 0 Å². The van der Waals surface area contributed by atoms with Crippen molar-refractivity contribution in [2.24, 2.45) is 5.84 Å². The minimum Gasteiger partial charge on any atom is -0.271 e. The van der Waals surface area contributed by atoms with Crippen molar-refractivity contribution in [2.45, 2.75) is 32.7 Å². The van der Waals surface area contributed by atoms with Gasteiger partial charge in [0.1, 0.15) is 0 Å². The molecule has 1 aromatic carbocycles. The first-order chi connectivity index (χ1) is 8.63. The van der Waals surface area contributed by atoms with Crippen molar-refractivity contribution in [3.63, 3.8) is 0 Å². The molecule has 3 N–H and O–H groups in total. The van der Waals surface area contributed by atoms with Crippen LogP contribution < -0.4 is 11.3 Å². The zero-order chi connectivity index (χ0) is 13.1. The Labute approximate surface area is 112 Å². The average molecular weight is 261 g/mol. The summed E-state index contributed by atoms with van der Waals surface area (Å²) in [5.74, 6) is 6.24. The fourth-order valence-corrected chi connectivity index (χ4v) is 2.87. The summed E-state index contributed by atoms with van der Waals surface area (Å²) in [5, 5.41) is 0. The quantitative estimate of drug-likeness (QED) is 0.656. The van der Waals surface area contributed by atoms with E-state index in [2.05, 4.69) is 48.5 Å². The van der Waals surface area contributed by atoms with Crippen molar-refractivity contribution in [2.75, 3.05) is 0 Å². The third kappa shape index (κ3) is 2.61. The van der Waals surface area contributed by atoms with Gasteiger partial charge in [-0.05, 0) is 24.0 Å². The highest BCUT2D eigenvalue weighted by Gasteiger charge is 2.16. The highest BCUT2D eigenvalue weighted by molar-refractivity contribution is 7.09. The van der Waals surface area contributed by atoms with E-state index in [9.17, 15) is 0 Å². The number of aromatic nitrogens is 1. The average Bonchev–Trinajstić information content (AvgIpc) is 2.78. The molecule has 0 radical (unpaired) electrons. The number of thiazole rings is 1. The van der Waals surface area contributed by atoms with Gasteiger partial charge < -0.3 is 0 Å². The lowest BCUT2D eigenvalue weighted by Gasteiger charge is -2.16. The van der Waals surface area contributed by atoms with Gasteiger partial charge in [-0.2, -0.15) is 0 Å². The van der Waals surface area contributed by atoms with Crippen LogP contribution in [-0.4, -0.2) is 4.98 Å². The Hall–Kier alpha value is -1.23. The first-order valence-corrected chi connectivity index (χ1v) is 6.97. The normalized spacial score (nSPS) is 12.9. The van der Waals surface area contributed by atoms with E-state index in [1.807, 2.05) is 12.4 Å². The van der Waals surface area contributed by atoms with Gasteiger partial charge in [-0.25, -0.2) is 10.4 Å². The molecule has 0 spiro atoms. The second kappa shape index (κ2) is 5.61. The zero-order valence-electron chi connectivity index (χ0n) is 11.0. The number of nitrogens with two attached hydrogens (primary N) is 1. The topological polar surface area (TPSA) is 50.9 Å². The summed E-state index contributed by atoms with van der Waals surface area (Å²) < 4.78 is 0. The molecular weight excluding hydrogens is 242 g/mol. The van der Waals surface area contributed by atoms with E-state index >= 15 is 0 Å². The highest BCUT2D eigenvalue weighted by atomic mass is 32.1. The van der Waals surface area contributed by atoms with Crippen LogP contribution in [0.2, 0.25) is 0 Å². The molecule has 4 heteroatoms. The standard InChI is InChI=1S/C14H19N3S/c1-9(2)11-4-6-12(7-5-11)13(17-15)14-10(3)16-8-18-14/h4-9,13,17H,15H2,1-3H3. The van der Waals surface area contributed by atoms with Gasteiger partial charge in [0.15, 0.2) is 0 Å². The molecule has 0 aliphatic rings. The molecule has 1 heterocycles. The summed E-state index contributed by atoms with van der Waals surface area (Å²) in [6.07, 6.45) is 0.